The van der Waals surface area contributed by atoms with Gasteiger partial charge in [-0.15, -0.1) is 4.91 Å². The molecule has 2 N–H and O–H groups in total. The van der Waals surface area contributed by atoms with E-state index in [2.05, 4.69) is 29.9 Å². The minimum atomic E-state index is -0.436. The molecule has 0 amide bonds. The lowest BCUT2D eigenvalue weighted by molar-refractivity contribution is -0.782. The van der Waals surface area contributed by atoms with E-state index in [-0.39, 0.29) is 37.6 Å². The van der Waals surface area contributed by atoms with Gasteiger partial charge in [0.05, 0.1) is 0 Å². The van der Waals surface area contributed by atoms with Crippen molar-refractivity contribution in [1.29, 1.82) is 0 Å². The summed E-state index contributed by atoms with van der Waals surface area (Å²) < 4.78 is 8.64. The topological polar surface area (TPSA) is 166 Å². The molecular weight excluding hydrogens is 252 g/mol. The fraction of sp³-hybridized carbons (Fsp3) is 0. The lowest BCUT2D eigenvalue weighted by Crippen LogP contribution is -2.29. The lowest BCUT2D eigenvalue weighted by Gasteiger charge is -1.96. The van der Waals surface area contributed by atoms with Gasteiger partial charge in [-0.2, -0.15) is 0 Å². The Kier molecular flexibility index (Phi) is 1.76. The van der Waals surface area contributed by atoms with Crippen molar-refractivity contribution in [3.8, 4) is 11.4 Å². The van der Waals surface area contributed by atoms with Crippen LogP contribution in [0.4, 0.5) is 5.69 Å². The molecule has 0 spiro atoms. The summed E-state index contributed by atoms with van der Waals surface area (Å²) in [5.74, 6) is 0. The fourth-order valence-corrected chi connectivity index (χ4v) is 1.62. The van der Waals surface area contributed by atoms with Gasteiger partial charge in [0, 0.05) is 5.16 Å². The Morgan fingerprint density at radius 3 is 2.89 bits per heavy atom. The molecule has 12 heteroatoms. The van der Waals surface area contributed by atoms with Crippen LogP contribution in [0.15, 0.2) is 19.6 Å². The molecule has 0 aromatic carbocycles. The van der Waals surface area contributed by atoms with E-state index in [1.54, 1.807) is 0 Å². The average molecular weight is 254 g/mol. The van der Waals surface area contributed by atoms with Crippen LogP contribution in [-0.4, -0.2) is 25.6 Å². The molecule has 0 saturated heterocycles. The highest BCUT2D eigenvalue weighted by molar-refractivity contribution is 5.94. The van der Waals surface area contributed by atoms with Gasteiger partial charge in [0.1, 0.15) is 0 Å². The number of fused-ring (bicyclic) bond motifs is 2. The SMILES string of the molecule is O=Nc1c2n(O)onc-2c(=NO)c2c1no[n+]2[O-]. The second-order valence-corrected chi connectivity index (χ2v) is 3.16. The van der Waals surface area contributed by atoms with Crippen molar-refractivity contribution in [1.82, 2.24) is 15.2 Å². The molecular formula is C6H2N6O6. The Balaban J connectivity index is 2.73. The first-order valence-corrected chi connectivity index (χ1v) is 4.34. The minimum absolute atomic E-state index is 0.0884. The molecule has 12 nitrogen and oxygen atoms in total. The van der Waals surface area contributed by atoms with Gasteiger partial charge in [-0.25, -0.2) is 4.63 Å². The molecule has 3 rings (SSSR count). The molecule has 18 heavy (non-hydrogen) atoms. The largest absolute Gasteiger partial charge is 0.410 e. The Bertz CT molecular complexity index is 797. The van der Waals surface area contributed by atoms with Crippen LogP contribution in [0.3, 0.4) is 0 Å². The maximum Gasteiger partial charge on any atom is 0.282 e. The number of hydrogen-bond donors (Lipinski definition) is 2. The van der Waals surface area contributed by atoms with Crippen molar-refractivity contribution in [2.24, 2.45) is 10.3 Å². The zero-order chi connectivity index (χ0) is 12.9. The molecule has 1 aromatic heterocycles. The monoisotopic (exact) mass is 254 g/mol. The Morgan fingerprint density at radius 1 is 1.44 bits per heavy atom. The van der Waals surface area contributed by atoms with Crippen molar-refractivity contribution in [2.75, 3.05) is 0 Å². The average Bonchev–Trinajstić information content (AvgIpc) is 2.93. The highest BCUT2D eigenvalue weighted by Gasteiger charge is 2.32. The molecule has 2 aliphatic rings. The summed E-state index contributed by atoms with van der Waals surface area (Å²) in [5, 5.41) is 41.2. The van der Waals surface area contributed by atoms with Crippen LogP contribution in [0.25, 0.3) is 22.4 Å². The third-order valence-electron chi connectivity index (χ3n) is 2.33. The van der Waals surface area contributed by atoms with Gasteiger partial charge >= 0.3 is 0 Å². The highest BCUT2D eigenvalue weighted by Crippen LogP contribution is 2.33. The molecule has 92 valence electrons. The quantitative estimate of drug-likeness (QED) is 0.188. The van der Waals surface area contributed by atoms with Crippen molar-refractivity contribution < 1.29 is 24.6 Å². The zero-order valence-corrected chi connectivity index (χ0v) is 8.21. The summed E-state index contributed by atoms with van der Waals surface area (Å²) in [5.41, 5.74) is -1.66. The third kappa shape index (κ3) is 0.977. The van der Waals surface area contributed by atoms with Gasteiger partial charge in [-0.05, 0) is 20.1 Å². The predicted octanol–water partition coefficient (Wildman–Crippen LogP) is -0.719. The minimum Gasteiger partial charge on any atom is -0.410 e. The summed E-state index contributed by atoms with van der Waals surface area (Å²) in [6.45, 7) is 0. The third-order valence-corrected chi connectivity index (χ3v) is 2.33. The Hall–Kier alpha value is -3.18. The molecule has 1 aliphatic carbocycles. The molecule has 0 bridgehead atoms. The van der Waals surface area contributed by atoms with Gasteiger partial charge in [0.25, 0.3) is 11.0 Å². The van der Waals surface area contributed by atoms with E-state index < -0.39 is 5.69 Å². The van der Waals surface area contributed by atoms with Crippen molar-refractivity contribution >= 4 is 16.7 Å². The number of nitroso groups, excluding NO2 is 1. The molecule has 2 heterocycles. The van der Waals surface area contributed by atoms with Crippen molar-refractivity contribution in [3.05, 3.63) is 15.5 Å². The molecule has 1 aliphatic heterocycles. The van der Waals surface area contributed by atoms with Gasteiger partial charge in [0.2, 0.25) is 0 Å². The van der Waals surface area contributed by atoms with E-state index in [0.717, 1.165) is 0 Å². The standard InChI is InChI=1S/C6H2N6O6/c13-7-1-3-6(12(16)17-9-3)2(8-14)4-5(1)11(15)18-10-4/h13,16H. The van der Waals surface area contributed by atoms with Gasteiger partial charge < -0.3 is 15.6 Å². The van der Waals surface area contributed by atoms with E-state index in [9.17, 15) is 15.3 Å². The lowest BCUT2D eigenvalue weighted by atomic mass is 10.1. The van der Waals surface area contributed by atoms with Crippen LogP contribution in [0, 0.1) is 10.1 Å². The molecule has 0 unspecified atom stereocenters. The first kappa shape index (κ1) is 10.0. The van der Waals surface area contributed by atoms with Crippen molar-refractivity contribution in [3.63, 3.8) is 0 Å². The maximum absolute atomic E-state index is 11.3. The first-order valence-electron chi connectivity index (χ1n) is 4.34. The Labute approximate surface area is 94.7 Å². The fourth-order valence-electron chi connectivity index (χ4n) is 1.62. The zero-order valence-electron chi connectivity index (χ0n) is 8.21. The van der Waals surface area contributed by atoms with Crippen LogP contribution in [0.2, 0.25) is 0 Å². The van der Waals surface area contributed by atoms with Gasteiger partial charge in [0.15, 0.2) is 22.4 Å². The summed E-state index contributed by atoms with van der Waals surface area (Å²) in [7, 11) is 0. The predicted molar refractivity (Wildman–Crippen MR) is 47.6 cm³/mol. The van der Waals surface area contributed by atoms with Crippen LogP contribution in [0.1, 0.15) is 0 Å². The molecule has 0 saturated carbocycles. The molecule has 1 aromatic rings. The second kappa shape index (κ2) is 3.16. The van der Waals surface area contributed by atoms with E-state index in [4.69, 9.17) is 5.21 Å². The van der Waals surface area contributed by atoms with Crippen LogP contribution >= 0.6 is 0 Å². The number of aromatic nitrogens is 4. The van der Waals surface area contributed by atoms with E-state index in [1.807, 2.05) is 0 Å². The smallest absolute Gasteiger partial charge is 0.282 e. The first-order chi connectivity index (χ1) is 8.69. The van der Waals surface area contributed by atoms with E-state index in [1.165, 1.54) is 0 Å². The second-order valence-electron chi connectivity index (χ2n) is 3.16. The molecule has 0 fully saturated rings. The Morgan fingerprint density at radius 2 is 2.22 bits per heavy atom. The summed E-state index contributed by atoms with van der Waals surface area (Å²) in [6, 6.07) is 0. The number of rotatable bonds is 1. The van der Waals surface area contributed by atoms with Crippen LogP contribution in [0.5, 0.6) is 0 Å². The van der Waals surface area contributed by atoms with E-state index >= 15 is 0 Å². The summed E-state index contributed by atoms with van der Waals surface area (Å²) in [6.07, 6.45) is 0. The number of hydrogen-bond acceptors (Lipinski definition) is 10. The molecule has 0 radical (unpaired) electrons. The maximum atomic E-state index is 11.3. The normalized spacial score (nSPS) is 12.6. The highest BCUT2D eigenvalue weighted by atomic mass is 16.8. The van der Waals surface area contributed by atoms with Crippen LogP contribution < -0.4 is 10.3 Å². The number of nitrogens with zero attached hydrogens (tertiary/aromatic N) is 6. The van der Waals surface area contributed by atoms with Gasteiger partial charge in [-0.1, -0.05) is 5.16 Å². The van der Waals surface area contributed by atoms with Crippen LogP contribution in [-0.2, 0) is 0 Å². The van der Waals surface area contributed by atoms with E-state index in [0.29, 0.717) is 0 Å². The van der Waals surface area contributed by atoms with Crippen molar-refractivity contribution in [2.45, 2.75) is 0 Å². The number of benzene rings is 1. The summed E-state index contributed by atoms with van der Waals surface area (Å²) in [4.78, 5) is 10.8. The summed E-state index contributed by atoms with van der Waals surface area (Å²) >= 11 is 0. The molecule has 0 atom stereocenters. The van der Waals surface area contributed by atoms with Gasteiger partial charge in [-0.3, -0.25) is 4.63 Å².